The fourth-order valence-corrected chi connectivity index (χ4v) is 7.28. The molecule has 1 aliphatic heterocycles. The van der Waals surface area contributed by atoms with Crippen LogP contribution in [0.4, 0.5) is 10.1 Å². The summed E-state index contributed by atoms with van der Waals surface area (Å²) in [5.41, 5.74) is 4.72. The highest BCUT2D eigenvalue weighted by Crippen LogP contribution is 2.40. The van der Waals surface area contributed by atoms with Gasteiger partial charge in [0, 0.05) is 30.9 Å². The summed E-state index contributed by atoms with van der Waals surface area (Å²) in [5, 5.41) is 3.18. The van der Waals surface area contributed by atoms with Gasteiger partial charge in [-0.2, -0.15) is 0 Å². The Labute approximate surface area is 268 Å². The Hall–Kier alpha value is -3.51. The lowest BCUT2D eigenvalue weighted by Gasteiger charge is -2.46. The number of hydrogen-bond acceptors (Lipinski definition) is 3. The van der Waals surface area contributed by atoms with Gasteiger partial charge in [0.25, 0.3) is 5.91 Å². The smallest absolute Gasteiger partial charge is 0.257 e. The quantitative estimate of drug-likeness (QED) is 0.278. The van der Waals surface area contributed by atoms with E-state index in [-0.39, 0.29) is 22.8 Å². The first-order chi connectivity index (χ1) is 21.6. The molecule has 2 atom stereocenters. The first-order valence-electron chi connectivity index (χ1n) is 16.9. The Morgan fingerprint density at radius 3 is 2.16 bits per heavy atom. The predicted molar refractivity (Wildman–Crippen MR) is 179 cm³/mol. The van der Waals surface area contributed by atoms with Crippen molar-refractivity contribution in [1.29, 1.82) is 0 Å². The van der Waals surface area contributed by atoms with Crippen LogP contribution in [0.3, 0.4) is 0 Å². The maximum absolute atomic E-state index is 15.1. The number of benzene rings is 3. The number of carbonyl (C=O) groups is 2. The van der Waals surface area contributed by atoms with Gasteiger partial charge >= 0.3 is 0 Å². The van der Waals surface area contributed by atoms with E-state index in [2.05, 4.69) is 61.3 Å². The largest absolute Gasteiger partial charge is 0.331 e. The van der Waals surface area contributed by atoms with E-state index in [1.165, 1.54) is 50.2 Å². The molecule has 2 amide bonds. The van der Waals surface area contributed by atoms with Gasteiger partial charge in [-0.25, -0.2) is 4.39 Å². The second-order valence-corrected chi connectivity index (χ2v) is 14.5. The monoisotopic (exact) mass is 609 g/mol. The van der Waals surface area contributed by atoms with Crippen LogP contribution < -0.4 is 5.32 Å². The van der Waals surface area contributed by atoms with Crippen molar-refractivity contribution in [3.63, 3.8) is 0 Å². The molecule has 1 heterocycles. The molecule has 0 bridgehead atoms. The minimum atomic E-state index is -0.522. The second-order valence-electron chi connectivity index (χ2n) is 14.5. The molecule has 3 aromatic carbocycles. The zero-order valence-electron chi connectivity index (χ0n) is 27.3. The first-order valence-corrected chi connectivity index (χ1v) is 16.9. The molecular formula is C39H48FN3O2. The average Bonchev–Trinajstić information content (AvgIpc) is 2.95. The number of hydrogen-bond donors (Lipinski definition) is 1. The van der Waals surface area contributed by atoms with Crippen molar-refractivity contribution in [3.05, 3.63) is 100 Å². The van der Waals surface area contributed by atoms with Crippen LogP contribution in [-0.4, -0.2) is 40.2 Å². The van der Waals surface area contributed by atoms with Crippen LogP contribution in [0.2, 0.25) is 0 Å². The first kappa shape index (κ1) is 31.5. The summed E-state index contributed by atoms with van der Waals surface area (Å²) in [7, 11) is 0. The molecule has 0 aromatic heterocycles. The third-order valence-corrected chi connectivity index (χ3v) is 10.4. The van der Waals surface area contributed by atoms with Gasteiger partial charge < -0.3 is 10.2 Å². The highest BCUT2D eigenvalue weighted by atomic mass is 19.1. The molecule has 3 aromatic rings. The molecule has 1 saturated heterocycles. The van der Waals surface area contributed by atoms with Crippen LogP contribution in [0.1, 0.15) is 111 Å². The van der Waals surface area contributed by atoms with Crippen molar-refractivity contribution in [2.45, 2.75) is 109 Å². The van der Waals surface area contributed by atoms with Crippen molar-refractivity contribution < 1.29 is 14.0 Å². The lowest BCUT2D eigenvalue weighted by atomic mass is 9.82. The van der Waals surface area contributed by atoms with E-state index in [0.717, 1.165) is 23.4 Å². The van der Waals surface area contributed by atoms with Gasteiger partial charge in [0.15, 0.2) is 0 Å². The molecule has 2 saturated carbocycles. The van der Waals surface area contributed by atoms with Gasteiger partial charge in [0.1, 0.15) is 5.82 Å². The number of anilines is 1. The van der Waals surface area contributed by atoms with Crippen LogP contribution in [-0.2, 0) is 16.8 Å². The average molecular weight is 610 g/mol. The minimum Gasteiger partial charge on any atom is -0.331 e. The molecule has 2 unspecified atom stereocenters. The van der Waals surface area contributed by atoms with Gasteiger partial charge in [0.2, 0.25) is 5.91 Å². The predicted octanol–water partition coefficient (Wildman–Crippen LogP) is 8.57. The lowest BCUT2D eigenvalue weighted by molar-refractivity contribution is -0.123. The van der Waals surface area contributed by atoms with Gasteiger partial charge in [-0.1, -0.05) is 82.1 Å². The van der Waals surface area contributed by atoms with Gasteiger partial charge in [0.05, 0.1) is 17.5 Å². The second kappa shape index (κ2) is 13.1. The molecule has 238 valence electrons. The summed E-state index contributed by atoms with van der Waals surface area (Å²) in [4.78, 5) is 32.6. The molecule has 6 rings (SSSR count). The van der Waals surface area contributed by atoms with Crippen LogP contribution >= 0.6 is 0 Å². The Morgan fingerprint density at radius 1 is 0.889 bits per heavy atom. The number of piperidine rings is 1. The number of halogens is 1. The molecule has 1 N–H and O–H groups in total. The van der Waals surface area contributed by atoms with Crippen molar-refractivity contribution in [2.75, 3.05) is 11.9 Å². The number of amides is 2. The summed E-state index contributed by atoms with van der Waals surface area (Å²) in [5.74, 6) is -1.46. The highest BCUT2D eigenvalue weighted by Gasteiger charge is 2.41. The van der Waals surface area contributed by atoms with Crippen LogP contribution in [0.25, 0.3) is 0 Å². The van der Waals surface area contributed by atoms with Crippen LogP contribution in [0, 0.1) is 18.7 Å². The van der Waals surface area contributed by atoms with Crippen LogP contribution in [0.5, 0.6) is 0 Å². The van der Waals surface area contributed by atoms with E-state index < -0.39 is 17.8 Å². The molecular weight excluding hydrogens is 561 g/mol. The minimum absolute atomic E-state index is 0.0520. The van der Waals surface area contributed by atoms with E-state index in [1.807, 2.05) is 18.2 Å². The molecule has 3 aliphatic rings. The summed E-state index contributed by atoms with van der Waals surface area (Å²) < 4.78 is 15.1. The molecule has 45 heavy (non-hydrogen) atoms. The highest BCUT2D eigenvalue weighted by molar-refractivity contribution is 5.98. The number of likely N-dealkylation sites (tertiary alicyclic amines) is 1. The Balaban J connectivity index is 1.30. The SMILES string of the molecule is Cc1cccc(F)c1C(=O)N1CCCC(C(=O)Nc2cccc(C(C)(C)C)c2)C1c1ccc(CN(C2CCC2)C2CCC2)cc1. The molecule has 0 radical (unpaired) electrons. The number of nitrogens with one attached hydrogen (secondary N) is 1. The van der Waals surface area contributed by atoms with Gasteiger partial charge in [-0.3, -0.25) is 14.5 Å². The topological polar surface area (TPSA) is 52.7 Å². The molecule has 5 nitrogen and oxygen atoms in total. The maximum Gasteiger partial charge on any atom is 0.257 e. The van der Waals surface area contributed by atoms with Crippen molar-refractivity contribution >= 4 is 17.5 Å². The molecule has 6 heteroatoms. The van der Waals surface area contributed by atoms with E-state index in [4.69, 9.17) is 0 Å². The number of rotatable bonds is 8. The number of aryl methyl sites for hydroxylation is 1. The Bertz CT molecular complexity index is 1490. The van der Waals surface area contributed by atoms with Gasteiger partial charge in [-0.05, 0) is 91.3 Å². The van der Waals surface area contributed by atoms with Crippen LogP contribution in [0.15, 0.2) is 66.7 Å². The normalized spacial score (nSPS) is 20.9. The van der Waals surface area contributed by atoms with Crippen molar-refractivity contribution in [1.82, 2.24) is 9.80 Å². The zero-order chi connectivity index (χ0) is 31.7. The third-order valence-electron chi connectivity index (χ3n) is 10.4. The third kappa shape index (κ3) is 6.72. The summed E-state index contributed by atoms with van der Waals surface area (Å²) in [6.07, 6.45) is 9.13. The zero-order valence-corrected chi connectivity index (χ0v) is 27.3. The maximum atomic E-state index is 15.1. The van der Waals surface area contributed by atoms with Crippen molar-refractivity contribution in [3.8, 4) is 0 Å². The van der Waals surface area contributed by atoms with Gasteiger partial charge in [-0.15, -0.1) is 0 Å². The Morgan fingerprint density at radius 2 is 1.56 bits per heavy atom. The molecule has 2 aliphatic carbocycles. The van der Waals surface area contributed by atoms with E-state index in [9.17, 15) is 9.59 Å². The molecule has 0 spiro atoms. The summed E-state index contributed by atoms with van der Waals surface area (Å²) >= 11 is 0. The molecule has 3 fully saturated rings. The van der Waals surface area contributed by atoms with Crippen molar-refractivity contribution in [2.24, 2.45) is 5.92 Å². The summed E-state index contributed by atoms with van der Waals surface area (Å²) in [6, 6.07) is 22.2. The lowest BCUT2D eigenvalue weighted by Crippen LogP contribution is -2.48. The number of carbonyl (C=O) groups excluding carboxylic acids is 2. The van der Waals surface area contributed by atoms with E-state index in [0.29, 0.717) is 37.0 Å². The standard InChI is InChI=1S/C39H48FN3O2/c1-26-10-5-18-34(40)35(26)38(45)42-23-9-17-33(37(44)41-30-12-6-11-29(24-30)39(2,3)4)36(42)28-21-19-27(20-22-28)25-43(31-13-7-14-31)32-15-8-16-32/h5-6,10-12,18-22,24,31-33,36H,7-9,13-17,23,25H2,1-4H3,(H,41,44). The fourth-order valence-electron chi connectivity index (χ4n) is 7.28. The summed E-state index contributed by atoms with van der Waals surface area (Å²) in [6.45, 7) is 9.64. The van der Waals surface area contributed by atoms with E-state index in [1.54, 1.807) is 24.0 Å². The Kier molecular flexibility index (Phi) is 9.15. The van der Waals surface area contributed by atoms with E-state index >= 15 is 4.39 Å². The number of nitrogens with zero attached hydrogens (tertiary/aromatic N) is 2. The fraction of sp³-hybridized carbons (Fsp3) is 0.487.